The predicted octanol–water partition coefficient (Wildman–Crippen LogP) is 1.77. The Morgan fingerprint density at radius 3 is 2.52 bits per heavy atom. The van der Waals surface area contributed by atoms with Crippen LogP contribution in [0.25, 0.3) is 0 Å². The monoisotopic (exact) mass is 310 g/mol. The van der Waals surface area contributed by atoms with Gasteiger partial charge in [-0.25, -0.2) is 8.42 Å². The standard InChI is InChI=1S/C15H22N2O3S/c1-13-6-5-7-14(12-13)17(21(2,19)20)11-8-15(18)16-9-3-4-10-16/h5-7,12H,3-4,8-11H2,1-2H3. The molecule has 21 heavy (non-hydrogen) atoms. The van der Waals surface area contributed by atoms with Crippen molar-refractivity contribution in [1.82, 2.24) is 4.90 Å². The van der Waals surface area contributed by atoms with Gasteiger partial charge in [0.05, 0.1) is 11.9 Å². The van der Waals surface area contributed by atoms with Gasteiger partial charge in [0.1, 0.15) is 0 Å². The molecular formula is C15H22N2O3S. The molecule has 1 heterocycles. The Labute approximate surface area is 126 Å². The first-order valence-corrected chi connectivity index (χ1v) is 9.05. The number of aryl methyl sites for hydroxylation is 1. The summed E-state index contributed by atoms with van der Waals surface area (Å²) < 4.78 is 25.3. The lowest BCUT2D eigenvalue weighted by atomic mass is 10.2. The molecule has 0 N–H and O–H groups in total. The fourth-order valence-corrected chi connectivity index (χ4v) is 3.51. The highest BCUT2D eigenvalue weighted by atomic mass is 32.2. The van der Waals surface area contributed by atoms with Crippen LogP contribution in [-0.4, -0.2) is 45.1 Å². The van der Waals surface area contributed by atoms with Gasteiger partial charge in [-0.2, -0.15) is 0 Å². The molecule has 0 radical (unpaired) electrons. The minimum atomic E-state index is -3.39. The zero-order chi connectivity index (χ0) is 15.5. The van der Waals surface area contributed by atoms with E-state index in [0.29, 0.717) is 5.69 Å². The number of hydrogen-bond acceptors (Lipinski definition) is 3. The van der Waals surface area contributed by atoms with Gasteiger partial charge in [-0.15, -0.1) is 0 Å². The number of rotatable bonds is 5. The van der Waals surface area contributed by atoms with Crippen molar-refractivity contribution in [2.75, 3.05) is 30.2 Å². The molecule has 0 unspecified atom stereocenters. The van der Waals surface area contributed by atoms with Crippen molar-refractivity contribution in [2.45, 2.75) is 26.2 Å². The smallest absolute Gasteiger partial charge is 0.232 e. The fraction of sp³-hybridized carbons (Fsp3) is 0.533. The highest BCUT2D eigenvalue weighted by molar-refractivity contribution is 7.92. The highest BCUT2D eigenvalue weighted by Crippen LogP contribution is 2.20. The van der Waals surface area contributed by atoms with Gasteiger partial charge < -0.3 is 4.90 Å². The van der Waals surface area contributed by atoms with Crippen LogP contribution in [0.1, 0.15) is 24.8 Å². The molecule has 1 amide bonds. The summed E-state index contributed by atoms with van der Waals surface area (Å²) in [6.07, 6.45) is 3.48. The Balaban J connectivity index is 2.09. The van der Waals surface area contributed by atoms with Crippen molar-refractivity contribution in [1.29, 1.82) is 0 Å². The first-order chi connectivity index (χ1) is 9.88. The van der Waals surface area contributed by atoms with Crippen molar-refractivity contribution in [3.63, 3.8) is 0 Å². The SMILES string of the molecule is Cc1cccc(N(CCC(=O)N2CCCC2)S(C)(=O)=O)c1. The zero-order valence-corrected chi connectivity index (χ0v) is 13.4. The average molecular weight is 310 g/mol. The van der Waals surface area contributed by atoms with E-state index in [2.05, 4.69) is 0 Å². The number of anilines is 1. The van der Waals surface area contributed by atoms with Crippen molar-refractivity contribution < 1.29 is 13.2 Å². The van der Waals surface area contributed by atoms with Crippen LogP contribution < -0.4 is 4.31 Å². The lowest BCUT2D eigenvalue weighted by Crippen LogP contribution is -2.35. The van der Waals surface area contributed by atoms with E-state index in [9.17, 15) is 13.2 Å². The summed E-state index contributed by atoms with van der Waals surface area (Å²) in [5.41, 5.74) is 1.61. The quantitative estimate of drug-likeness (QED) is 0.833. The summed E-state index contributed by atoms with van der Waals surface area (Å²) in [5.74, 6) is 0.0359. The molecule has 0 bridgehead atoms. The molecule has 1 aromatic carbocycles. The van der Waals surface area contributed by atoms with E-state index < -0.39 is 10.0 Å². The molecule has 5 nitrogen and oxygen atoms in total. The predicted molar refractivity (Wildman–Crippen MR) is 83.8 cm³/mol. The summed E-state index contributed by atoms with van der Waals surface area (Å²) in [5, 5.41) is 0. The summed E-state index contributed by atoms with van der Waals surface area (Å²) in [6.45, 7) is 3.70. The number of carbonyl (C=O) groups is 1. The van der Waals surface area contributed by atoms with E-state index in [1.165, 1.54) is 10.6 Å². The molecule has 0 aliphatic carbocycles. The van der Waals surface area contributed by atoms with E-state index in [0.717, 1.165) is 31.5 Å². The second-order valence-electron chi connectivity index (χ2n) is 5.51. The number of carbonyl (C=O) groups excluding carboxylic acids is 1. The largest absolute Gasteiger partial charge is 0.343 e. The van der Waals surface area contributed by atoms with Crippen LogP contribution in [-0.2, 0) is 14.8 Å². The van der Waals surface area contributed by atoms with Crippen LogP contribution in [0.3, 0.4) is 0 Å². The molecule has 1 saturated heterocycles. The molecule has 0 atom stereocenters. The van der Waals surface area contributed by atoms with Gasteiger partial charge in [0.25, 0.3) is 0 Å². The molecule has 1 aliphatic heterocycles. The topological polar surface area (TPSA) is 57.7 Å². The summed E-state index contributed by atoms with van der Waals surface area (Å²) >= 11 is 0. The molecule has 0 aromatic heterocycles. The van der Waals surface area contributed by atoms with Gasteiger partial charge >= 0.3 is 0 Å². The van der Waals surface area contributed by atoms with Crippen LogP contribution in [0.15, 0.2) is 24.3 Å². The minimum Gasteiger partial charge on any atom is -0.343 e. The Kier molecular flexibility index (Phi) is 4.88. The number of sulfonamides is 1. The number of hydrogen-bond donors (Lipinski definition) is 0. The van der Waals surface area contributed by atoms with Crippen LogP contribution >= 0.6 is 0 Å². The normalized spacial score (nSPS) is 15.2. The maximum Gasteiger partial charge on any atom is 0.232 e. The summed E-state index contributed by atoms with van der Waals surface area (Å²) in [7, 11) is -3.39. The second-order valence-corrected chi connectivity index (χ2v) is 7.42. The molecule has 0 spiro atoms. The third-order valence-corrected chi connectivity index (χ3v) is 4.87. The van der Waals surface area contributed by atoms with Gasteiger partial charge in [-0.3, -0.25) is 9.10 Å². The van der Waals surface area contributed by atoms with Crippen LogP contribution in [0.2, 0.25) is 0 Å². The zero-order valence-electron chi connectivity index (χ0n) is 12.6. The second kappa shape index (κ2) is 6.47. The van der Waals surface area contributed by atoms with E-state index in [1.807, 2.05) is 30.0 Å². The molecular weight excluding hydrogens is 288 g/mol. The number of benzene rings is 1. The maximum absolute atomic E-state index is 12.1. The first kappa shape index (κ1) is 15.8. The van der Waals surface area contributed by atoms with Crippen molar-refractivity contribution in [3.8, 4) is 0 Å². The third kappa shape index (κ3) is 4.20. The maximum atomic E-state index is 12.1. The van der Waals surface area contributed by atoms with Crippen molar-refractivity contribution in [2.24, 2.45) is 0 Å². The van der Waals surface area contributed by atoms with Crippen molar-refractivity contribution >= 4 is 21.6 Å². The van der Waals surface area contributed by atoms with E-state index >= 15 is 0 Å². The molecule has 6 heteroatoms. The van der Waals surface area contributed by atoms with Gasteiger partial charge in [0, 0.05) is 26.1 Å². The Morgan fingerprint density at radius 1 is 1.29 bits per heavy atom. The average Bonchev–Trinajstić information content (AvgIpc) is 2.91. The van der Waals surface area contributed by atoms with Crippen LogP contribution in [0, 0.1) is 6.92 Å². The third-order valence-electron chi connectivity index (χ3n) is 3.68. The van der Waals surface area contributed by atoms with Gasteiger partial charge in [-0.1, -0.05) is 12.1 Å². The molecule has 116 valence electrons. The lowest BCUT2D eigenvalue weighted by Gasteiger charge is -2.24. The fourth-order valence-electron chi connectivity index (χ4n) is 2.59. The molecule has 0 saturated carbocycles. The lowest BCUT2D eigenvalue weighted by molar-refractivity contribution is -0.129. The minimum absolute atomic E-state index is 0.0359. The highest BCUT2D eigenvalue weighted by Gasteiger charge is 2.22. The van der Waals surface area contributed by atoms with E-state index in [-0.39, 0.29) is 18.9 Å². The Bertz CT molecular complexity index is 607. The number of amides is 1. The van der Waals surface area contributed by atoms with Gasteiger partial charge in [0.2, 0.25) is 15.9 Å². The molecule has 1 fully saturated rings. The molecule has 1 aliphatic rings. The summed E-state index contributed by atoms with van der Waals surface area (Å²) in [4.78, 5) is 13.9. The first-order valence-electron chi connectivity index (χ1n) is 7.20. The van der Waals surface area contributed by atoms with Gasteiger partial charge in [0.15, 0.2) is 0 Å². The van der Waals surface area contributed by atoms with Crippen LogP contribution in [0.5, 0.6) is 0 Å². The van der Waals surface area contributed by atoms with Crippen molar-refractivity contribution in [3.05, 3.63) is 29.8 Å². The van der Waals surface area contributed by atoms with Crippen LogP contribution in [0.4, 0.5) is 5.69 Å². The molecule has 2 rings (SSSR count). The molecule has 1 aromatic rings. The summed E-state index contributed by atoms with van der Waals surface area (Å²) in [6, 6.07) is 7.32. The Hall–Kier alpha value is -1.56. The number of nitrogens with zero attached hydrogens (tertiary/aromatic N) is 2. The Morgan fingerprint density at radius 2 is 1.95 bits per heavy atom. The number of likely N-dealkylation sites (tertiary alicyclic amines) is 1. The van der Waals surface area contributed by atoms with Gasteiger partial charge in [-0.05, 0) is 37.5 Å². The van der Waals surface area contributed by atoms with E-state index in [4.69, 9.17) is 0 Å². The van der Waals surface area contributed by atoms with E-state index in [1.54, 1.807) is 6.07 Å².